The maximum absolute atomic E-state index is 12.7. The fraction of sp³-hybridized carbons (Fsp3) is 0.500. The molecule has 2 fully saturated rings. The minimum absolute atomic E-state index is 0.229. The fourth-order valence-corrected chi connectivity index (χ4v) is 5.60. The lowest BCUT2D eigenvalue weighted by Crippen LogP contribution is -2.49. The van der Waals surface area contributed by atoms with E-state index in [-0.39, 0.29) is 11.9 Å². The number of thiophene rings is 2. The second-order valence-electron chi connectivity index (χ2n) is 5.59. The Morgan fingerprint density at radius 2 is 2.00 bits per heavy atom. The number of nitrogens with zero attached hydrogens (tertiary/aromatic N) is 1. The highest BCUT2D eigenvalue weighted by Gasteiger charge is 2.42. The summed E-state index contributed by atoms with van der Waals surface area (Å²) in [6.45, 7) is 0. The second kappa shape index (κ2) is 4.30. The summed E-state index contributed by atoms with van der Waals surface area (Å²) in [6, 6.07) is 5.19. The number of hydrogen-bond donors (Lipinski definition) is 1. The van der Waals surface area contributed by atoms with E-state index in [0.29, 0.717) is 12.1 Å². The Bertz CT molecular complexity index is 590. The normalized spacial score (nSPS) is 30.2. The van der Waals surface area contributed by atoms with E-state index in [1.165, 1.54) is 9.40 Å². The molecule has 4 rings (SSSR count). The third-order valence-electron chi connectivity index (χ3n) is 4.35. The highest BCUT2D eigenvalue weighted by atomic mass is 32.1. The summed E-state index contributed by atoms with van der Waals surface area (Å²) in [5.41, 5.74) is 6.07. The molecule has 2 saturated heterocycles. The molecule has 19 heavy (non-hydrogen) atoms. The molecule has 0 aromatic carbocycles. The summed E-state index contributed by atoms with van der Waals surface area (Å²) in [7, 11) is 0. The number of amides is 1. The lowest BCUT2D eigenvalue weighted by atomic mass is 9.98. The summed E-state index contributed by atoms with van der Waals surface area (Å²) >= 11 is 3.34. The molecule has 2 unspecified atom stereocenters. The highest BCUT2D eigenvalue weighted by molar-refractivity contribution is 7.27. The summed E-state index contributed by atoms with van der Waals surface area (Å²) in [6.07, 6.45) is 4.21. The smallest absolute Gasteiger partial charge is 0.264 e. The quantitative estimate of drug-likeness (QED) is 0.878. The van der Waals surface area contributed by atoms with Crippen LogP contribution in [0.2, 0.25) is 0 Å². The van der Waals surface area contributed by atoms with Crippen LogP contribution in [0.1, 0.15) is 35.4 Å². The van der Waals surface area contributed by atoms with E-state index in [1.54, 1.807) is 22.7 Å². The van der Waals surface area contributed by atoms with Gasteiger partial charge in [0.05, 0.1) is 4.88 Å². The summed E-state index contributed by atoms with van der Waals surface area (Å²) < 4.78 is 2.46. The average Bonchev–Trinajstić information content (AvgIpc) is 3.00. The standard InChI is InChI=1S/C14H16N2OS2/c15-8-5-9-1-2-10(6-8)16(9)14(17)13-7-12-11(19-13)3-4-18-12/h3-4,7-10H,1-2,5-6,15H2. The average molecular weight is 292 g/mol. The maximum Gasteiger partial charge on any atom is 0.264 e. The molecule has 2 N–H and O–H groups in total. The van der Waals surface area contributed by atoms with E-state index in [4.69, 9.17) is 5.73 Å². The topological polar surface area (TPSA) is 46.3 Å². The van der Waals surface area contributed by atoms with Crippen LogP contribution >= 0.6 is 22.7 Å². The zero-order valence-corrected chi connectivity index (χ0v) is 12.2. The van der Waals surface area contributed by atoms with Gasteiger partial charge in [-0.25, -0.2) is 0 Å². The van der Waals surface area contributed by atoms with Crippen molar-refractivity contribution in [3.05, 3.63) is 22.4 Å². The van der Waals surface area contributed by atoms with Crippen molar-refractivity contribution in [3.8, 4) is 0 Å². The molecule has 2 bridgehead atoms. The largest absolute Gasteiger partial charge is 0.332 e. The molecule has 100 valence electrons. The van der Waals surface area contributed by atoms with Gasteiger partial charge in [0.25, 0.3) is 5.91 Å². The number of hydrogen-bond acceptors (Lipinski definition) is 4. The Hall–Kier alpha value is -0.910. The van der Waals surface area contributed by atoms with Gasteiger partial charge in [-0.2, -0.15) is 0 Å². The fourth-order valence-electron chi connectivity index (χ4n) is 3.55. The monoisotopic (exact) mass is 292 g/mol. The lowest BCUT2D eigenvalue weighted by Gasteiger charge is -2.37. The third kappa shape index (κ3) is 1.83. The van der Waals surface area contributed by atoms with Gasteiger partial charge in [0, 0.05) is 27.5 Å². The molecule has 2 aliphatic rings. The molecule has 0 aliphatic carbocycles. The van der Waals surface area contributed by atoms with Gasteiger partial charge < -0.3 is 10.6 Å². The van der Waals surface area contributed by atoms with Crippen molar-refractivity contribution in [2.24, 2.45) is 5.73 Å². The second-order valence-corrected chi connectivity index (χ2v) is 7.62. The van der Waals surface area contributed by atoms with E-state index in [2.05, 4.69) is 22.4 Å². The van der Waals surface area contributed by atoms with Gasteiger partial charge in [-0.1, -0.05) is 0 Å². The van der Waals surface area contributed by atoms with Crippen molar-refractivity contribution in [1.82, 2.24) is 4.90 Å². The Balaban J connectivity index is 1.65. The van der Waals surface area contributed by atoms with Gasteiger partial charge in [0.2, 0.25) is 0 Å². The zero-order chi connectivity index (χ0) is 13.0. The number of fused-ring (bicyclic) bond motifs is 3. The van der Waals surface area contributed by atoms with Crippen LogP contribution in [0.25, 0.3) is 9.40 Å². The summed E-state index contributed by atoms with van der Waals surface area (Å²) in [5.74, 6) is 0.229. The van der Waals surface area contributed by atoms with Gasteiger partial charge in [0.1, 0.15) is 0 Å². The van der Waals surface area contributed by atoms with Crippen LogP contribution in [0, 0.1) is 0 Å². The Kier molecular flexibility index (Phi) is 2.69. The van der Waals surface area contributed by atoms with Crippen molar-refractivity contribution >= 4 is 38.0 Å². The SMILES string of the molecule is NC1CC2CCC(C1)N2C(=O)c1cc2sccc2s1. The van der Waals surface area contributed by atoms with Gasteiger partial charge in [-0.3, -0.25) is 4.79 Å². The minimum atomic E-state index is 0.229. The number of nitrogens with two attached hydrogens (primary N) is 1. The molecular formula is C14H16N2OS2. The summed E-state index contributed by atoms with van der Waals surface area (Å²) in [4.78, 5) is 15.8. The van der Waals surface area contributed by atoms with Crippen LogP contribution in [-0.2, 0) is 0 Å². The van der Waals surface area contributed by atoms with Crippen molar-refractivity contribution in [1.29, 1.82) is 0 Å². The van der Waals surface area contributed by atoms with Gasteiger partial charge in [-0.15, -0.1) is 22.7 Å². The van der Waals surface area contributed by atoms with E-state index in [9.17, 15) is 4.79 Å². The van der Waals surface area contributed by atoms with Crippen molar-refractivity contribution in [2.45, 2.75) is 43.8 Å². The molecule has 4 heterocycles. The van der Waals surface area contributed by atoms with Crippen LogP contribution in [0.5, 0.6) is 0 Å². The Morgan fingerprint density at radius 1 is 1.26 bits per heavy atom. The van der Waals surface area contributed by atoms with E-state index >= 15 is 0 Å². The predicted octanol–water partition coefficient (Wildman–Crippen LogP) is 3.06. The molecule has 5 heteroatoms. The van der Waals surface area contributed by atoms with E-state index < -0.39 is 0 Å². The number of piperidine rings is 1. The summed E-state index contributed by atoms with van der Waals surface area (Å²) in [5, 5.41) is 2.08. The third-order valence-corrected chi connectivity index (χ3v) is 6.44. The van der Waals surface area contributed by atoms with Crippen molar-refractivity contribution in [2.75, 3.05) is 0 Å². The molecule has 2 atom stereocenters. The molecule has 1 amide bonds. The molecule has 0 radical (unpaired) electrons. The maximum atomic E-state index is 12.7. The highest BCUT2D eigenvalue weighted by Crippen LogP contribution is 2.38. The number of carbonyl (C=O) groups is 1. The Labute approximate surface area is 120 Å². The first-order valence-corrected chi connectivity index (χ1v) is 8.47. The first kappa shape index (κ1) is 11.9. The molecule has 2 aliphatic heterocycles. The van der Waals surface area contributed by atoms with Crippen LogP contribution in [0.4, 0.5) is 0 Å². The van der Waals surface area contributed by atoms with Crippen LogP contribution in [-0.4, -0.2) is 28.9 Å². The molecule has 0 saturated carbocycles. The van der Waals surface area contributed by atoms with Gasteiger partial charge >= 0.3 is 0 Å². The van der Waals surface area contributed by atoms with Crippen molar-refractivity contribution < 1.29 is 4.79 Å². The number of rotatable bonds is 1. The Morgan fingerprint density at radius 3 is 2.68 bits per heavy atom. The van der Waals surface area contributed by atoms with Crippen molar-refractivity contribution in [3.63, 3.8) is 0 Å². The first-order valence-electron chi connectivity index (χ1n) is 6.77. The van der Waals surface area contributed by atoms with Gasteiger partial charge in [0.15, 0.2) is 0 Å². The van der Waals surface area contributed by atoms with Crippen LogP contribution in [0.15, 0.2) is 17.5 Å². The molecule has 0 spiro atoms. The molecule has 2 aromatic rings. The van der Waals surface area contributed by atoms with E-state index in [0.717, 1.165) is 30.6 Å². The van der Waals surface area contributed by atoms with Crippen LogP contribution in [0.3, 0.4) is 0 Å². The first-order chi connectivity index (χ1) is 9.22. The minimum Gasteiger partial charge on any atom is -0.332 e. The van der Waals surface area contributed by atoms with Gasteiger partial charge in [-0.05, 0) is 43.2 Å². The number of carbonyl (C=O) groups excluding carboxylic acids is 1. The molecule has 3 nitrogen and oxygen atoms in total. The predicted molar refractivity (Wildman–Crippen MR) is 79.9 cm³/mol. The van der Waals surface area contributed by atoms with E-state index in [1.807, 2.05) is 0 Å². The zero-order valence-electron chi connectivity index (χ0n) is 10.5. The lowest BCUT2D eigenvalue weighted by molar-refractivity contribution is 0.0580. The van der Waals surface area contributed by atoms with Crippen LogP contribution < -0.4 is 5.73 Å². The molecular weight excluding hydrogens is 276 g/mol. The molecule has 2 aromatic heterocycles.